The van der Waals surface area contributed by atoms with Crippen molar-refractivity contribution in [2.45, 2.75) is 33.8 Å². The van der Waals surface area contributed by atoms with Gasteiger partial charge in [0.2, 0.25) is 0 Å². The van der Waals surface area contributed by atoms with Gasteiger partial charge in [-0.15, -0.1) is 0 Å². The highest BCUT2D eigenvalue weighted by molar-refractivity contribution is 5.47. The number of ether oxygens (including phenoxy) is 1. The van der Waals surface area contributed by atoms with Crippen LogP contribution in [0, 0.1) is 20.8 Å². The Bertz CT molecular complexity index is 569. The summed E-state index contributed by atoms with van der Waals surface area (Å²) in [6.07, 6.45) is -0.448. The van der Waals surface area contributed by atoms with E-state index in [1.165, 1.54) is 11.1 Å². The van der Waals surface area contributed by atoms with Crippen molar-refractivity contribution in [1.82, 2.24) is 0 Å². The smallest absolute Gasteiger partial charge is 0.133 e. The topological polar surface area (TPSA) is 29.5 Å². The molecule has 19 heavy (non-hydrogen) atoms. The molecule has 0 aliphatic carbocycles. The van der Waals surface area contributed by atoms with Crippen molar-refractivity contribution in [3.05, 3.63) is 58.7 Å². The normalized spacial score (nSPS) is 12.3. The molecule has 0 aromatic heterocycles. The van der Waals surface area contributed by atoms with Crippen molar-refractivity contribution in [2.75, 3.05) is 0 Å². The van der Waals surface area contributed by atoms with Crippen molar-refractivity contribution >= 4 is 0 Å². The first-order valence-corrected chi connectivity index (χ1v) is 6.51. The Balaban J connectivity index is 2.29. The van der Waals surface area contributed by atoms with Crippen LogP contribution in [0.4, 0.5) is 0 Å². The van der Waals surface area contributed by atoms with Crippen LogP contribution >= 0.6 is 0 Å². The van der Waals surface area contributed by atoms with E-state index in [2.05, 4.69) is 26.0 Å². The van der Waals surface area contributed by atoms with Gasteiger partial charge >= 0.3 is 0 Å². The van der Waals surface area contributed by atoms with Gasteiger partial charge in [-0.05, 0) is 62.1 Å². The van der Waals surface area contributed by atoms with Gasteiger partial charge in [-0.1, -0.05) is 24.3 Å². The van der Waals surface area contributed by atoms with E-state index in [0.29, 0.717) is 0 Å². The fraction of sp³-hybridized carbons (Fsp3) is 0.294. The predicted octanol–water partition coefficient (Wildman–Crippen LogP) is 4.46. The average molecular weight is 256 g/mol. The van der Waals surface area contributed by atoms with Crippen molar-refractivity contribution in [3.8, 4) is 11.5 Å². The molecule has 2 heteroatoms. The molecule has 0 saturated heterocycles. The summed E-state index contributed by atoms with van der Waals surface area (Å²) in [6.45, 7) is 7.96. The molecule has 1 atom stereocenters. The van der Waals surface area contributed by atoms with Gasteiger partial charge in [0.1, 0.15) is 11.5 Å². The summed E-state index contributed by atoms with van der Waals surface area (Å²) in [6, 6.07) is 11.7. The number of aryl methyl sites for hydroxylation is 2. The maximum atomic E-state index is 9.49. The van der Waals surface area contributed by atoms with E-state index in [-0.39, 0.29) is 0 Å². The third-order valence-electron chi connectivity index (χ3n) is 3.46. The molecule has 0 bridgehead atoms. The van der Waals surface area contributed by atoms with Gasteiger partial charge in [0, 0.05) is 0 Å². The van der Waals surface area contributed by atoms with Gasteiger partial charge in [-0.3, -0.25) is 0 Å². The van der Waals surface area contributed by atoms with Crippen LogP contribution in [0.25, 0.3) is 0 Å². The monoisotopic (exact) mass is 256 g/mol. The second-order valence-corrected chi connectivity index (χ2v) is 5.00. The third kappa shape index (κ3) is 2.96. The predicted molar refractivity (Wildman–Crippen MR) is 77.8 cm³/mol. The molecule has 2 nitrogen and oxygen atoms in total. The number of aliphatic hydroxyl groups is 1. The molecular formula is C17H20O2. The lowest BCUT2D eigenvalue weighted by Gasteiger charge is -2.14. The molecule has 2 aromatic rings. The molecule has 0 saturated carbocycles. The second kappa shape index (κ2) is 5.45. The van der Waals surface area contributed by atoms with Crippen LogP contribution in [0.5, 0.6) is 11.5 Å². The maximum Gasteiger partial charge on any atom is 0.133 e. The van der Waals surface area contributed by atoms with E-state index in [1.54, 1.807) is 6.92 Å². The van der Waals surface area contributed by atoms with Crippen LogP contribution in [0.1, 0.15) is 35.3 Å². The maximum absolute atomic E-state index is 9.49. The zero-order chi connectivity index (χ0) is 14.0. The minimum Gasteiger partial charge on any atom is -0.457 e. The van der Waals surface area contributed by atoms with E-state index < -0.39 is 6.10 Å². The third-order valence-corrected chi connectivity index (χ3v) is 3.46. The highest BCUT2D eigenvalue weighted by Crippen LogP contribution is 2.31. The Morgan fingerprint density at radius 1 is 0.895 bits per heavy atom. The molecule has 0 radical (unpaired) electrons. The summed E-state index contributed by atoms with van der Waals surface area (Å²) in [5, 5.41) is 9.49. The number of rotatable bonds is 3. The molecule has 0 fully saturated rings. The Labute approximate surface area is 114 Å². The highest BCUT2D eigenvalue weighted by Gasteiger charge is 2.08. The number of benzene rings is 2. The molecule has 0 heterocycles. The molecular weight excluding hydrogens is 236 g/mol. The van der Waals surface area contributed by atoms with E-state index in [1.807, 2.05) is 31.2 Å². The van der Waals surface area contributed by atoms with Gasteiger partial charge in [0.15, 0.2) is 0 Å². The highest BCUT2D eigenvalue weighted by atomic mass is 16.5. The fourth-order valence-electron chi connectivity index (χ4n) is 2.01. The first-order chi connectivity index (χ1) is 8.99. The summed E-state index contributed by atoms with van der Waals surface area (Å²) in [5.74, 6) is 1.71. The first kappa shape index (κ1) is 13.6. The quantitative estimate of drug-likeness (QED) is 0.878. The molecule has 0 aliphatic rings. The fourth-order valence-corrected chi connectivity index (χ4v) is 2.01. The average Bonchev–Trinajstić information content (AvgIpc) is 2.40. The Morgan fingerprint density at radius 2 is 1.47 bits per heavy atom. The summed E-state index contributed by atoms with van der Waals surface area (Å²) >= 11 is 0. The van der Waals surface area contributed by atoms with Crippen molar-refractivity contribution in [3.63, 3.8) is 0 Å². The molecule has 0 aliphatic heterocycles. The lowest BCUT2D eigenvalue weighted by atomic mass is 10.1. The van der Waals surface area contributed by atoms with Gasteiger partial charge in [0.05, 0.1) is 6.10 Å². The zero-order valence-corrected chi connectivity index (χ0v) is 11.9. The molecule has 2 rings (SSSR count). The van der Waals surface area contributed by atoms with Gasteiger partial charge < -0.3 is 9.84 Å². The summed E-state index contributed by atoms with van der Waals surface area (Å²) < 4.78 is 5.97. The zero-order valence-electron chi connectivity index (χ0n) is 11.9. The van der Waals surface area contributed by atoms with Crippen LogP contribution in [0.15, 0.2) is 36.4 Å². The van der Waals surface area contributed by atoms with E-state index in [4.69, 9.17) is 4.74 Å². The molecule has 0 amide bonds. The Kier molecular flexibility index (Phi) is 3.91. The Hall–Kier alpha value is -1.80. The van der Waals surface area contributed by atoms with E-state index >= 15 is 0 Å². The van der Waals surface area contributed by atoms with Crippen LogP contribution < -0.4 is 4.74 Å². The van der Waals surface area contributed by atoms with Gasteiger partial charge in [0.25, 0.3) is 0 Å². The molecule has 100 valence electrons. The van der Waals surface area contributed by atoms with Crippen LogP contribution in [-0.2, 0) is 0 Å². The van der Waals surface area contributed by atoms with Crippen LogP contribution in [-0.4, -0.2) is 5.11 Å². The summed E-state index contributed by atoms with van der Waals surface area (Å²) in [5.41, 5.74) is 4.41. The largest absolute Gasteiger partial charge is 0.457 e. The van der Waals surface area contributed by atoms with Gasteiger partial charge in [-0.25, -0.2) is 0 Å². The molecule has 2 aromatic carbocycles. The summed E-state index contributed by atoms with van der Waals surface area (Å²) in [4.78, 5) is 0. The molecule has 1 N–H and O–H groups in total. The Morgan fingerprint density at radius 3 is 2.05 bits per heavy atom. The number of aliphatic hydroxyl groups excluding tert-OH is 1. The lowest BCUT2D eigenvalue weighted by Crippen LogP contribution is -1.94. The second-order valence-electron chi connectivity index (χ2n) is 5.00. The van der Waals surface area contributed by atoms with E-state index in [0.717, 1.165) is 22.6 Å². The first-order valence-electron chi connectivity index (χ1n) is 6.51. The summed E-state index contributed by atoms with van der Waals surface area (Å²) in [7, 11) is 0. The minimum absolute atomic E-state index is 0.448. The standard InChI is InChI=1S/C17H20O2/c1-11-5-6-12(2)17(13(11)3)19-16-9-7-15(8-10-16)14(4)18/h5-10,14,18H,1-4H3/t14-/m0/s1. The van der Waals surface area contributed by atoms with E-state index in [9.17, 15) is 5.11 Å². The molecule has 0 unspecified atom stereocenters. The number of hydrogen-bond acceptors (Lipinski definition) is 2. The van der Waals surface area contributed by atoms with Gasteiger partial charge in [-0.2, -0.15) is 0 Å². The van der Waals surface area contributed by atoms with Crippen LogP contribution in [0.2, 0.25) is 0 Å². The van der Waals surface area contributed by atoms with Crippen molar-refractivity contribution in [1.29, 1.82) is 0 Å². The number of hydrogen-bond donors (Lipinski definition) is 1. The van der Waals surface area contributed by atoms with Crippen molar-refractivity contribution in [2.24, 2.45) is 0 Å². The lowest BCUT2D eigenvalue weighted by molar-refractivity contribution is 0.199. The molecule has 0 spiro atoms. The van der Waals surface area contributed by atoms with Crippen molar-refractivity contribution < 1.29 is 9.84 Å². The minimum atomic E-state index is -0.448. The van der Waals surface area contributed by atoms with Crippen LogP contribution in [0.3, 0.4) is 0 Å². The SMILES string of the molecule is Cc1ccc(C)c(Oc2ccc([C@H](C)O)cc2)c1C.